The zero-order chi connectivity index (χ0) is 23.7. The Morgan fingerprint density at radius 3 is 2.69 bits per heavy atom. The van der Waals surface area contributed by atoms with Crippen molar-refractivity contribution in [2.75, 3.05) is 6.61 Å². The molecule has 0 bridgehead atoms. The van der Waals surface area contributed by atoms with Gasteiger partial charge in [0.05, 0.1) is 6.07 Å². The normalized spacial score (nSPS) is 18.0. The van der Waals surface area contributed by atoms with Gasteiger partial charge in [0.15, 0.2) is 17.3 Å². The Kier molecular flexibility index (Phi) is 9.83. The summed E-state index contributed by atoms with van der Waals surface area (Å²) in [4.78, 5) is 37.4. The molecule has 7 heteroatoms. The largest absolute Gasteiger partial charge is 0.483 e. The van der Waals surface area contributed by atoms with Gasteiger partial charge in [-0.15, -0.1) is 0 Å². The number of nitrogens with one attached hydrogen (secondary N) is 1. The van der Waals surface area contributed by atoms with E-state index >= 15 is 0 Å². The molecule has 1 saturated carbocycles. The number of carbonyl (C=O) groups excluding carboxylic acids is 3. The predicted octanol–water partition coefficient (Wildman–Crippen LogP) is 4.29. The van der Waals surface area contributed by atoms with Crippen LogP contribution in [-0.2, 0) is 14.4 Å². The number of hydrogen-bond acceptors (Lipinski definition) is 5. The molecule has 1 aromatic rings. The summed E-state index contributed by atoms with van der Waals surface area (Å²) in [6.45, 7) is 5.32. The first kappa shape index (κ1) is 25.5. The summed E-state index contributed by atoms with van der Waals surface area (Å²) in [5.74, 6) is -1.73. The van der Waals surface area contributed by atoms with Crippen molar-refractivity contribution in [3.05, 3.63) is 29.6 Å². The van der Waals surface area contributed by atoms with Crippen LogP contribution in [0.1, 0.15) is 64.4 Å². The molecule has 1 aliphatic carbocycles. The van der Waals surface area contributed by atoms with Gasteiger partial charge in [0.2, 0.25) is 5.91 Å². The maximum Gasteiger partial charge on any atom is 0.224 e. The minimum Gasteiger partial charge on any atom is -0.483 e. The number of benzene rings is 1. The van der Waals surface area contributed by atoms with Gasteiger partial charge in [-0.1, -0.05) is 26.3 Å². The molecule has 6 nitrogen and oxygen atoms in total. The van der Waals surface area contributed by atoms with Gasteiger partial charge in [-0.25, -0.2) is 4.39 Å². The number of ether oxygens (including phenoxy) is 1. The minimum absolute atomic E-state index is 0.00416. The van der Waals surface area contributed by atoms with Gasteiger partial charge in [-0.3, -0.25) is 14.4 Å². The van der Waals surface area contributed by atoms with Crippen LogP contribution in [0.15, 0.2) is 18.2 Å². The third kappa shape index (κ3) is 8.07. The van der Waals surface area contributed by atoms with Crippen molar-refractivity contribution >= 4 is 17.5 Å². The fraction of sp³-hybridized carbons (Fsp3) is 0.600. The third-order valence-electron chi connectivity index (χ3n) is 5.75. The number of ketones is 2. The molecule has 0 unspecified atom stereocenters. The van der Waals surface area contributed by atoms with Gasteiger partial charge < -0.3 is 10.1 Å². The zero-order valence-corrected chi connectivity index (χ0v) is 19.2. The molecule has 0 radical (unpaired) electrons. The summed E-state index contributed by atoms with van der Waals surface area (Å²) in [6.07, 6.45) is 3.82. The summed E-state index contributed by atoms with van der Waals surface area (Å²) in [6, 6.07) is 5.81. The van der Waals surface area contributed by atoms with E-state index in [-0.39, 0.29) is 48.1 Å². The fourth-order valence-electron chi connectivity index (χ4n) is 4.09. The van der Waals surface area contributed by atoms with Crippen molar-refractivity contribution in [1.29, 1.82) is 5.26 Å². The Balaban J connectivity index is 1.94. The Morgan fingerprint density at radius 2 is 2.06 bits per heavy atom. The van der Waals surface area contributed by atoms with E-state index in [2.05, 4.69) is 11.4 Å². The lowest BCUT2D eigenvalue weighted by Crippen LogP contribution is -2.41. The molecule has 1 N–H and O–H groups in total. The average molecular weight is 445 g/mol. The van der Waals surface area contributed by atoms with E-state index in [9.17, 15) is 24.0 Å². The lowest BCUT2D eigenvalue weighted by Gasteiger charge is -2.24. The van der Waals surface area contributed by atoms with Crippen LogP contribution in [0.25, 0.3) is 0 Å². The van der Waals surface area contributed by atoms with E-state index < -0.39 is 17.8 Å². The van der Waals surface area contributed by atoms with E-state index in [1.54, 1.807) is 13.0 Å². The number of aryl methyl sites for hydroxylation is 1. The second-order valence-corrected chi connectivity index (χ2v) is 9.13. The zero-order valence-electron chi connectivity index (χ0n) is 19.2. The molecule has 0 heterocycles. The molecule has 1 amide bonds. The van der Waals surface area contributed by atoms with E-state index in [1.165, 1.54) is 12.1 Å². The molecule has 1 aromatic carbocycles. The predicted molar refractivity (Wildman–Crippen MR) is 118 cm³/mol. The van der Waals surface area contributed by atoms with Crippen LogP contribution < -0.4 is 10.1 Å². The molecular weight excluding hydrogens is 411 g/mol. The Bertz CT molecular complexity index is 862. The maximum atomic E-state index is 13.9. The van der Waals surface area contributed by atoms with Gasteiger partial charge >= 0.3 is 0 Å². The number of Topliss-reactive ketones (excluding diaryl/α,β-unsaturated/α-hetero) is 2. The fourth-order valence-corrected chi connectivity index (χ4v) is 4.09. The molecule has 0 saturated heterocycles. The van der Waals surface area contributed by atoms with Crippen molar-refractivity contribution in [3.63, 3.8) is 0 Å². The Hall–Kier alpha value is -2.75. The Labute approximate surface area is 189 Å². The van der Waals surface area contributed by atoms with Crippen molar-refractivity contribution in [2.45, 2.75) is 71.8 Å². The lowest BCUT2D eigenvalue weighted by atomic mass is 9.83. The molecule has 1 aliphatic rings. The molecule has 3 atom stereocenters. The van der Waals surface area contributed by atoms with Crippen LogP contribution in [0.2, 0.25) is 0 Å². The standard InChI is InChI=1S/C25H33FN2O4/c1-16(2)10-19(13-21(29)15-32-24-9-8-17(3)11-22(24)26)25(31)28-20(14-27)12-18-6-4-5-7-23(18)30/h8-9,11,16,18-20H,4-7,10,12-13,15H2,1-3H3,(H,28,31)/t18-,19+,20-/m0/s1. The van der Waals surface area contributed by atoms with Crippen molar-refractivity contribution in [3.8, 4) is 11.8 Å². The van der Waals surface area contributed by atoms with Gasteiger partial charge in [0, 0.05) is 24.7 Å². The average Bonchev–Trinajstić information content (AvgIpc) is 2.73. The highest BCUT2D eigenvalue weighted by Crippen LogP contribution is 2.25. The highest BCUT2D eigenvalue weighted by atomic mass is 19.1. The van der Waals surface area contributed by atoms with Crippen molar-refractivity contribution in [1.82, 2.24) is 5.32 Å². The number of nitrogens with zero attached hydrogens (tertiary/aromatic N) is 1. The molecule has 0 aromatic heterocycles. The molecule has 1 fully saturated rings. The van der Waals surface area contributed by atoms with Crippen LogP contribution >= 0.6 is 0 Å². The van der Waals surface area contributed by atoms with E-state index in [4.69, 9.17) is 4.74 Å². The summed E-state index contributed by atoms with van der Waals surface area (Å²) >= 11 is 0. The number of halogens is 1. The van der Waals surface area contributed by atoms with E-state index in [1.807, 2.05) is 13.8 Å². The van der Waals surface area contributed by atoms with Gasteiger partial charge in [0.1, 0.15) is 18.4 Å². The smallest absolute Gasteiger partial charge is 0.224 e. The van der Waals surface area contributed by atoms with E-state index in [0.29, 0.717) is 19.3 Å². The van der Waals surface area contributed by atoms with Gasteiger partial charge in [-0.2, -0.15) is 5.26 Å². The summed E-state index contributed by atoms with van der Waals surface area (Å²) in [7, 11) is 0. The molecule has 0 spiro atoms. The third-order valence-corrected chi connectivity index (χ3v) is 5.75. The van der Waals surface area contributed by atoms with Crippen molar-refractivity contribution in [2.24, 2.45) is 17.8 Å². The maximum absolute atomic E-state index is 13.9. The number of nitriles is 1. The quantitative estimate of drug-likeness (QED) is 0.549. The van der Waals surface area contributed by atoms with E-state index in [0.717, 1.165) is 24.8 Å². The summed E-state index contributed by atoms with van der Waals surface area (Å²) in [5.41, 5.74) is 0.747. The number of amides is 1. The number of rotatable bonds is 11. The van der Waals surface area contributed by atoms with Crippen LogP contribution in [0.3, 0.4) is 0 Å². The SMILES string of the molecule is Cc1ccc(OCC(=O)C[C@@H](CC(C)C)C(=O)N[C@H](C#N)C[C@@H]2CCCCC2=O)c(F)c1. The number of carbonyl (C=O) groups is 3. The van der Waals surface area contributed by atoms with Crippen molar-refractivity contribution < 1.29 is 23.5 Å². The summed E-state index contributed by atoms with van der Waals surface area (Å²) in [5, 5.41) is 12.2. The molecule has 174 valence electrons. The lowest BCUT2D eigenvalue weighted by molar-refractivity contribution is -0.131. The Morgan fingerprint density at radius 1 is 1.31 bits per heavy atom. The topological polar surface area (TPSA) is 96.3 Å². The molecule has 32 heavy (non-hydrogen) atoms. The van der Waals surface area contributed by atoms with Gasteiger partial charge in [-0.05, 0) is 56.2 Å². The monoisotopic (exact) mass is 444 g/mol. The highest BCUT2D eigenvalue weighted by Gasteiger charge is 2.29. The molecular formula is C25H33FN2O4. The van der Waals surface area contributed by atoms with Crippen LogP contribution in [0.5, 0.6) is 5.75 Å². The molecule has 2 rings (SSSR count). The first-order valence-corrected chi connectivity index (χ1v) is 11.3. The van der Waals surface area contributed by atoms with Crippen LogP contribution in [0, 0.1) is 41.8 Å². The minimum atomic E-state index is -0.766. The van der Waals surface area contributed by atoms with Crippen LogP contribution in [-0.4, -0.2) is 30.1 Å². The van der Waals surface area contributed by atoms with Gasteiger partial charge in [0.25, 0.3) is 0 Å². The second-order valence-electron chi connectivity index (χ2n) is 9.13. The summed E-state index contributed by atoms with van der Waals surface area (Å²) < 4.78 is 19.2. The highest BCUT2D eigenvalue weighted by molar-refractivity contribution is 5.88. The first-order chi connectivity index (χ1) is 15.2. The molecule has 0 aliphatic heterocycles. The second kappa shape index (κ2) is 12.3. The van der Waals surface area contributed by atoms with Crippen LogP contribution in [0.4, 0.5) is 4.39 Å². The number of hydrogen-bond donors (Lipinski definition) is 1. The first-order valence-electron chi connectivity index (χ1n) is 11.3.